The van der Waals surface area contributed by atoms with Crippen LogP contribution in [-0.4, -0.2) is 21.7 Å². The number of aromatic nitrogens is 3. The van der Waals surface area contributed by atoms with E-state index >= 15 is 0 Å². The SMILES string of the molecule is COc1c(I)ccn2c(C3CCC3)nnc12. The van der Waals surface area contributed by atoms with Gasteiger partial charge in [-0.15, -0.1) is 10.2 Å². The summed E-state index contributed by atoms with van der Waals surface area (Å²) in [6.45, 7) is 0. The molecule has 1 aliphatic rings. The van der Waals surface area contributed by atoms with Gasteiger partial charge in [-0.05, 0) is 41.5 Å². The molecule has 4 nitrogen and oxygen atoms in total. The smallest absolute Gasteiger partial charge is 0.204 e. The molecule has 1 fully saturated rings. The van der Waals surface area contributed by atoms with E-state index in [1.807, 2.05) is 12.3 Å². The molecule has 0 aliphatic heterocycles. The summed E-state index contributed by atoms with van der Waals surface area (Å²) in [4.78, 5) is 0. The lowest BCUT2D eigenvalue weighted by molar-refractivity contribution is 0.397. The maximum atomic E-state index is 5.37. The third-order valence-corrected chi connectivity index (χ3v) is 4.04. The topological polar surface area (TPSA) is 39.4 Å². The molecule has 1 aliphatic carbocycles. The average molecular weight is 329 g/mol. The van der Waals surface area contributed by atoms with E-state index in [9.17, 15) is 0 Å². The van der Waals surface area contributed by atoms with Crippen LogP contribution in [0.4, 0.5) is 0 Å². The normalized spacial score (nSPS) is 16.4. The Kier molecular flexibility index (Phi) is 2.49. The first-order chi connectivity index (χ1) is 7.81. The predicted molar refractivity (Wildman–Crippen MR) is 68.8 cm³/mol. The first kappa shape index (κ1) is 10.3. The van der Waals surface area contributed by atoms with Crippen LogP contribution in [0.1, 0.15) is 31.0 Å². The number of ether oxygens (including phenoxy) is 1. The largest absolute Gasteiger partial charge is 0.492 e. The minimum Gasteiger partial charge on any atom is -0.492 e. The third kappa shape index (κ3) is 1.41. The van der Waals surface area contributed by atoms with Gasteiger partial charge in [-0.25, -0.2) is 0 Å². The van der Waals surface area contributed by atoms with Gasteiger partial charge >= 0.3 is 0 Å². The second-order valence-corrected chi connectivity index (χ2v) is 5.24. The molecule has 2 aromatic rings. The minimum absolute atomic E-state index is 0.583. The van der Waals surface area contributed by atoms with Gasteiger partial charge in [0.2, 0.25) is 5.65 Å². The average Bonchev–Trinajstić information content (AvgIpc) is 2.60. The molecule has 0 bridgehead atoms. The van der Waals surface area contributed by atoms with Crippen LogP contribution >= 0.6 is 22.6 Å². The van der Waals surface area contributed by atoms with E-state index in [2.05, 4.69) is 37.2 Å². The van der Waals surface area contributed by atoms with E-state index in [0.29, 0.717) is 5.92 Å². The Balaban J connectivity index is 2.19. The van der Waals surface area contributed by atoms with E-state index in [1.165, 1.54) is 19.3 Å². The number of nitrogens with zero attached hydrogens (tertiary/aromatic N) is 3. The van der Waals surface area contributed by atoms with Crippen LogP contribution in [0.5, 0.6) is 5.75 Å². The molecule has 0 spiro atoms. The fraction of sp³-hybridized carbons (Fsp3) is 0.455. The summed E-state index contributed by atoms with van der Waals surface area (Å²) in [6.07, 6.45) is 5.80. The lowest BCUT2D eigenvalue weighted by Gasteiger charge is -2.23. The molecule has 1 saturated carbocycles. The molecule has 0 radical (unpaired) electrons. The van der Waals surface area contributed by atoms with Gasteiger partial charge in [0.05, 0.1) is 10.7 Å². The van der Waals surface area contributed by atoms with E-state index < -0.39 is 0 Å². The van der Waals surface area contributed by atoms with Crippen molar-refractivity contribution in [2.24, 2.45) is 0 Å². The van der Waals surface area contributed by atoms with Gasteiger partial charge in [-0.3, -0.25) is 4.40 Å². The maximum absolute atomic E-state index is 5.37. The molecule has 0 saturated heterocycles. The van der Waals surface area contributed by atoms with E-state index in [0.717, 1.165) is 20.8 Å². The van der Waals surface area contributed by atoms with Gasteiger partial charge in [-0.2, -0.15) is 0 Å². The molecular weight excluding hydrogens is 317 g/mol. The van der Waals surface area contributed by atoms with Gasteiger partial charge in [0, 0.05) is 12.1 Å². The fourth-order valence-electron chi connectivity index (χ4n) is 2.06. The second kappa shape index (κ2) is 3.87. The predicted octanol–water partition coefficient (Wildman–Crippen LogP) is 2.61. The highest BCUT2D eigenvalue weighted by molar-refractivity contribution is 14.1. The molecule has 3 rings (SSSR count). The Morgan fingerprint density at radius 2 is 2.25 bits per heavy atom. The highest BCUT2D eigenvalue weighted by atomic mass is 127. The van der Waals surface area contributed by atoms with Crippen molar-refractivity contribution in [2.45, 2.75) is 25.2 Å². The number of fused-ring (bicyclic) bond motifs is 1. The second-order valence-electron chi connectivity index (χ2n) is 4.08. The van der Waals surface area contributed by atoms with Gasteiger partial charge in [0.25, 0.3) is 0 Å². The van der Waals surface area contributed by atoms with Gasteiger partial charge in [-0.1, -0.05) is 6.42 Å². The van der Waals surface area contributed by atoms with Crippen molar-refractivity contribution in [3.05, 3.63) is 21.7 Å². The Hall–Kier alpha value is -0.850. The van der Waals surface area contributed by atoms with Gasteiger partial charge < -0.3 is 4.74 Å². The number of hydrogen-bond acceptors (Lipinski definition) is 3. The molecule has 0 unspecified atom stereocenters. The summed E-state index contributed by atoms with van der Waals surface area (Å²) in [7, 11) is 1.68. The summed E-state index contributed by atoms with van der Waals surface area (Å²) in [5, 5.41) is 8.53. The molecule has 0 N–H and O–H groups in total. The summed E-state index contributed by atoms with van der Waals surface area (Å²) in [5.74, 6) is 2.48. The number of halogens is 1. The lowest BCUT2D eigenvalue weighted by atomic mass is 9.85. The van der Waals surface area contributed by atoms with Crippen molar-refractivity contribution >= 4 is 28.2 Å². The molecule has 0 aromatic carbocycles. The molecule has 2 heterocycles. The highest BCUT2D eigenvalue weighted by Gasteiger charge is 2.25. The van der Waals surface area contributed by atoms with E-state index in [-0.39, 0.29) is 0 Å². The number of rotatable bonds is 2. The molecule has 5 heteroatoms. The van der Waals surface area contributed by atoms with Crippen LogP contribution in [-0.2, 0) is 0 Å². The van der Waals surface area contributed by atoms with Crippen molar-refractivity contribution in [1.29, 1.82) is 0 Å². The number of hydrogen-bond donors (Lipinski definition) is 0. The van der Waals surface area contributed by atoms with Crippen molar-refractivity contribution in [3.63, 3.8) is 0 Å². The summed E-state index contributed by atoms with van der Waals surface area (Å²) >= 11 is 2.25. The zero-order valence-electron chi connectivity index (χ0n) is 8.98. The first-order valence-electron chi connectivity index (χ1n) is 5.38. The van der Waals surface area contributed by atoms with Crippen LogP contribution in [0.3, 0.4) is 0 Å². The summed E-state index contributed by atoms with van der Waals surface area (Å²) < 4.78 is 8.50. The molecule has 0 atom stereocenters. The van der Waals surface area contributed by atoms with Gasteiger partial charge in [0.1, 0.15) is 5.82 Å². The zero-order valence-corrected chi connectivity index (χ0v) is 11.1. The molecule has 2 aromatic heterocycles. The highest BCUT2D eigenvalue weighted by Crippen LogP contribution is 2.36. The van der Waals surface area contributed by atoms with Crippen molar-refractivity contribution in [1.82, 2.24) is 14.6 Å². The van der Waals surface area contributed by atoms with Crippen molar-refractivity contribution < 1.29 is 4.74 Å². The molecule has 84 valence electrons. The number of pyridine rings is 1. The Labute approximate surface area is 107 Å². The Bertz CT molecular complexity index is 533. The quantitative estimate of drug-likeness (QED) is 0.795. The third-order valence-electron chi connectivity index (χ3n) is 3.19. The standard InChI is InChI=1S/C11H12IN3O/c1-16-9-8(12)5-6-15-10(7-3-2-4-7)13-14-11(9)15/h5-7H,2-4H2,1H3. The first-order valence-corrected chi connectivity index (χ1v) is 6.46. The monoisotopic (exact) mass is 329 g/mol. The van der Waals surface area contributed by atoms with Crippen LogP contribution in [0.25, 0.3) is 5.65 Å². The molecular formula is C11H12IN3O. The molecule has 0 amide bonds. The van der Waals surface area contributed by atoms with Crippen LogP contribution in [0.15, 0.2) is 12.3 Å². The van der Waals surface area contributed by atoms with Crippen molar-refractivity contribution in [3.8, 4) is 5.75 Å². The summed E-state index contributed by atoms with van der Waals surface area (Å²) in [5.41, 5.74) is 0.830. The zero-order chi connectivity index (χ0) is 11.1. The number of methoxy groups -OCH3 is 1. The van der Waals surface area contributed by atoms with Gasteiger partial charge in [0.15, 0.2) is 5.75 Å². The van der Waals surface area contributed by atoms with E-state index in [4.69, 9.17) is 4.74 Å². The van der Waals surface area contributed by atoms with Crippen LogP contribution in [0.2, 0.25) is 0 Å². The fourth-order valence-corrected chi connectivity index (χ4v) is 2.68. The Morgan fingerprint density at radius 3 is 2.88 bits per heavy atom. The lowest BCUT2D eigenvalue weighted by Crippen LogP contribution is -2.12. The van der Waals surface area contributed by atoms with Crippen LogP contribution < -0.4 is 4.74 Å². The van der Waals surface area contributed by atoms with Crippen molar-refractivity contribution in [2.75, 3.05) is 7.11 Å². The Morgan fingerprint density at radius 1 is 1.44 bits per heavy atom. The summed E-state index contributed by atoms with van der Waals surface area (Å²) in [6, 6.07) is 2.04. The maximum Gasteiger partial charge on any atom is 0.204 e. The van der Waals surface area contributed by atoms with E-state index in [1.54, 1.807) is 7.11 Å². The molecule has 16 heavy (non-hydrogen) atoms. The minimum atomic E-state index is 0.583. The van der Waals surface area contributed by atoms with Crippen LogP contribution in [0, 0.1) is 3.57 Å².